The summed E-state index contributed by atoms with van der Waals surface area (Å²) in [6.45, 7) is 0.0452. The second-order valence-electron chi connectivity index (χ2n) is 6.99. The second kappa shape index (κ2) is 8.18. The largest absolute Gasteiger partial charge is 0.325 e. The number of anilines is 1. The van der Waals surface area contributed by atoms with Gasteiger partial charge in [0.15, 0.2) is 0 Å². The molecule has 1 atom stereocenters. The summed E-state index contributed by atoms with van der Waals surface area (Å²) in [7, 11) is -4.04. The lowest BCUT2D eigenvalue weighted by molar-refractivity contribution is -0.120. The highest BCUT2D eigenvalue weighted by atomic mass is 35.5. The minimum absolute atomic E-state index is 0.0452. The smallest absolute Gasteiger partial charge is 0.244 e. The molecule has 0 bridgehead atoms. The van der Waals surface area contributed by atoms with Gasteiger partial charge >= 0.3 is 0 Å². The van der Waals surface area contributed by atoms with Gasteiger partial charge in [-0.2, -0.15) is 4.31 Å². The maximum absolute atomic E-state index is 13.3. The van der Waals surface area contributed by atoms with Crippen molar-refractivity contribution in [3.05, 3.63) is 94.8 Å². The van der Waals surface area contributed by atoms with Crippen LogP contribution in [0.15, 0.2) is 77.7 Å². The zero-order valence-corrected chi connectivity index (χ0v) is 17.3. The number of nitrogens with one attached hydrogen (secondary N) is 1. The van der Waals surface area contributed by atoms with E-state index in [9.17, 15) is 17.6 Å². The number of hydrogen-bond acceptors (Lipinski definition) is 3. The van der Waals surface area contributed by atoms with Gasteiger partial charge in [-0.3, -0.25) is 4.79 Å². The number of rotatable bonds is 4. The Kier molecular flexibility index (Phi) is 5.60. The van der Waals surface area contributed by atoms with Gasteiger partial charge < -0.3 is 5.32 Å². The molecule has 0 radical (unpaired) electrons. The lowest BCUT2D eigenvalue weighted by Crippen LogP contribution is -2.50. The van der Waals surface area contributed by atoms with Crippen LogP contribution in [-0.4, -0.2) is 24.7 Å². The number of carbonyl (C=O) groups excluding carboxylic acids is 1. The van der Waals surface area contributed by atoms with Crippen LogP contribution in [0.25, 0.3) is 0 Å². The van der Waals surface area contributed by atoms with Gasteiger partial charge in [-0.1, -0.05) is 41.9 Å². The van der Waals surface area contributed by atoms with E-state index in [-0.39, 0.29) is 17.9 Å². The van der Waals surface area contributed by atoms with Crippen LogP contribution < -0.4 is 5.32 Å². The normalized spacial score (nSPS) is 16.7. The first-order valence-corrected chi connectivity index (χ1v) is 11.1. The van der Waals surface area contributed by atoms with E-state index in [4.69, 9.17) is 11.6 Å². The molecule has 5 nitrogen and oxygen atoms in total. The number of carbonyl (C=O) groups is 1. The molecule has 4 rings (SSSR count). The Hall–Kier alpha value is -2.74. The third-order valence-corrected chi connectivity index (χ3v) is 7.12. The molecule has 0 fully saturated rings. The van der Waals surface area contributed by atoms with Crippen LogP contribution in [-0.2, 0) is 27.8 Å². The molecule has 1 amide bonds. The predicted octanol–water partition coefficient (Wildman–Crippen LogP) is 4.23. The number of halogens is 2. The number of hydrogen-bond donors (Lipinski definition) is 1. The van der Waals surface area contributed by atoms with Crippen molar-refractivity contribution in [3.8, 4) is 0 Å². The van der Waals surface area contributed by atoms with Crippen LogP contribution in [0.2, 0.25) is 5.02 Å². The van der Waals surface area contributed by atoms with E-state index in [1.807, 2.05) is 24.3 Å². The van der Waals surface area contributed by atoms with Crippen molar-refractivity contribution in [3.63, 3.8) is 0 Å². The molecule has 1 aliphatic heterocycles. The summed E-state index contributed by atoms with van der Waals surface area (Å²) in [5, 5.41) is 3.21. The van der Waals surface area contributed by atoms with Gasteiger partial charge in [0.2, 0.25) is 15.9 Å². The molecular formula is C22H18ClFN2O3S. The van der Waals surface area contributed by atoms with Gasteiger partial charge in [0.05, 0.1) is 4.90 Å². The molecule has 0 unspecified atom stereocenters. The summed E-state index contributed by atoms with van der Waals surface area (Å²) in [5.41, 5.74) is 2.22. The molecule has 0 aliphatic carbocycles. The van der Waals surface area contributed by atoms with Gasteiger partial charge in [0.1, 0.15) is 11.9 Å². The van der Waals surface area contributed by atoms with Gasteiger partial charge in [0.25, 0.3) is 0 Å². The van der Waals surface area contributed by atoms with E-state index in [0.29, 0.717) is 10.7 Å². The van der Waals surface area contributed by atoms with Crippen molar-refractivity contribution in [2.45, 2.75) is 23.9 Å². The van der Waals surface area contributed by atoms with Crippen LogP contribution in [0.4, 0.5) is 10.1 Å². The number of amides is 1. The van der Waals surface area contributed by atoms with E-state index in [1.54, 1.807) is 24.3 Å². The number of sulfonamides is 1. The molecule has 1 heterocycles. The van der Waals surface area contributed by atoms with Crippen molar-refractivity contribution >= 4 is 33.2 Å². The minimum Gasteiger partial charge on any atom is -0.325 e. The maximum Gasteiger partial charge on any atom is 0.244 e. The molecule has 1 N–H and O–H groups in total. The SMILES string of the molecule is O=C(Nc1cccc(Cl)c1)[C@@H]1Cc2ccccc2CN1S(=O)(=O)c1ccc(F)cc1. The molecule has 154 valence electrons. The fourth-order valence-corrected chi connectivity index (χ4v) is 5.26. The maximum atomic E-state index is 13.3. The highest BCUT2D eigenvalue weighted by molar-refractivity contribution is 7.89. The van der Waals surface area contributed by atoms with Gasteiger partial charge in [-0.15, -0.1) is 0 Å². The van der Waals surface area contributed by atoms with Gasteiger partial charge in [0, 0.05) is 17.3 Å². The lowest BCUT2D eigenvalue weighted by atomic mass is 9.95. The average molecular weight is 445 g/mol. The molecule has 0 aromatic heterocycles. The molecule has 3 aromatic rings. The quantitative estimate of drug-likeness (QED) is 0.654. The fraction of sp³-hybridized carbons (Fsp3) is 0.136. The zero-order valence-electron chi connectivity index (χ0n) is 15.8. The van der Waals surface area contributed by atoms with Crippen molar-refractivity contribution in [2.24, 2.45) is 0 Å². The van der Waals surface area contributed by atoms with E-state index in [0.717, 1.165) is 23.3 Å². The molecular weight excluding hydrogens is 427 g/mol. The van der Waals surface area contributed by atoms with E-state index in [1.165, 1.54) is 16.4 Å². The molecule has 3 aromatic carbocycles. The standard InChI is InChI=1S/C22H18ClFN2O3S/c23-17-6-3-7-19(13-17)25-22(27)21-12-15-4-1-2-5-16(15)14-26(21)30(28,29)20-10-8-18(24)9-11-20/h1-11,13,21H,12,14H2,(H,25,27)/t21-/m0/s1. The minimum atomic E-state index is -4.04. The van der Waals surface area contributed by atoms with Crippen molar-refractivity contribution in [2.75, 3.05) is 5.32 Å². The van der Waals surface area contributed by atoms with Crippen LogP contribution in [0.3, 0.4) is 0 Å². The molecule has 1 aliphatic rings. The number of fused-ring (bicyclic) bond motifs is 1. The van der Waals surface area contributed by atoms with Crippen molar-refractivity contribution < 1.29 is 17.6 Å². The van der Waals surface area contributed by atoms with Gasteiger partial charge in [-0.25, -0.2) is 12.8 Å². The summed E-state index contributed by atoms with van der Waals surface area (Å²) >= 11 is 5.99. The second-order valence-corrected chi connectivity index (χ2v) is 9.32. The van der Waals surface area contributed by atoms with Crippen LogP contribution in [0.1, 0.15) is 11.1 Å². The van der Waals surface area contributed by atoms with E-state index >= 15 is 0 Å². The molecule has 0 saturated heterocycles. The summed E-state index contributed by atoms with van der Waals surface area (Å²) in [6, 6.07) is 17.7. The number of nitrogens with zero attached hydrogens (tertiary/aromatic N) is 1. The first-order chi connectivity index (χ1) is 14.3. The molecule has 0 saturated carbocycles. The predicted molar refractivity (Wildman–Crippen MR) is 113 cm³/mol. The summed E-state index contributed by atoms with van der Waals surface area (Å²) in [4.78, 5) is 13.0. The topological polar surface area (TPSA) is 66.5 Å². The summed E-state index contributed by atoms with van der Waals surface area (Å²) in [5.74, 6) is -0.995. The highest BCUT2D eigenvalue weighted by Gasteiger charge is 2.39. The fourth-order valence-electron chi connectivity index (χ4n) is 3.51. The molecule has 8 heteroatoms. The third kappa shape index (κ3) is 4.09. The zero-order chi connectivity index (χ0) is 21.3. The Bertz CT molecular complexity index is 1200. The Labute approximate surface area is 179 Å². The molecule has 30 heavy (non-hydrogen) atoms. The van der Waals surface area contributed by atoms with Crippen LogP contribution in [0, 0.1) is 5.82 Å². The Balaban J connectivity index is 1.71. The Morgan fingerprint density at radius 3 is 2.40 bits per heavy atom. The van der Waals surface area contributed by atoms with E-state index in [2.05, 4.69) is 5.32 Å². The van der Waals surface area contributed by atoms with Crippen molar-refractivity contribution in [1.29, 1.82) is 0 Å². The lowest BCUT2D eigenvalue weighted by Gasteiger charge is -2.35. The third-order valence-electron chi connectivity index (χ3n) is 5.02. The van der Waals surface area contributed by atoms with Crippen molar-refractivity contribution in [1.82, 2.24) is 4.31 Å². The monoisotopic (exact) mass is 444 g/mol. The van der Waals surface area contributed by atoms with Crippen LogP contribution >= 0.6 is 11.6 Å². The first kappa shape index (κ1) is 20.5. The van der Waals surface area contributed by atoms with Crippen LogP contribution in [0.5, 0.6) is 0 Å². The Morgan fingerprint density at radius 2 is 1.70 bits per heavy atom. The first-order valence-electron chi connectivity index (χ1n) is 9.25. The highest BCUT2D eigenvalue weighted by Crippen LogP contribution is 2.30. The summed E-state index contributed by atoms with van der Waals surface area (Å²) < 4.78 is 41.1. The summed E-state index contributed by atoms with van der Waals surface area (Å²) in [6.07, 6.45) is 0.225. The number of benzene rings is 3. The molecule has 0 spiro atoms. The van der Waals surface area contributed by atoms with Gasteiger partial charge in [-0.05, 0) is 60.0 Å². The average Bonchev–Trinajstić information content (AvgIpc) is 2.73. The Morgan fingerprint density at radius 1 is 1.00 bits per heavy atom. The van der Waals surface area contributed by atoms with E-state index < -0.39 is 27.8 Å².